The number of ether oxygens (including phenoxy) is 2. The van der Waals surface area contributed by atoms with Gasteiger partial charge in [-0.3, -0.25) is 9.59 Å². The highest BCUT2D eigenvalue weighted by Gasteiger charge is 2.45. The second kappa shape index (κ2) is 17.6. The zero-order valence-electron chi connectivity index (χ0n) is 33.2. The van der Waals surface area contributed by atoms with E-state index in [9.17, 15) is 19.2 Å². The van der Waals surface area contributed by atoms with Crippen LogP contribution in [0.4, 0.5) is 9.59 Å². The van der Waals surface area contributed by atoms with Gasteiger partial charge in [-0.1, -0.05) is 88.3 Å². The SMILES string of the molecule is CCC[C@H](NC(=O)OC)C(=O)N1CCC[C@H]1c1ncc(-c2ccc(-c3ccc(-c4cnc([C@@H]5C[Si](C)(C)CN5C(=O)[C@H](CCC)NC(=O)OC)[nH]4)cc3)cc2)[nH]1. The number of hydrogen-bond acceptors (Lipinski definition) is 8. The molecule has 4 heterocycles. The van der Waals surface area contributed by atoms with Gasteiger partial charge < -0.3 is 39.9 Å². The van der Waals surface area contributed by atoms with E-state index in [-0.39, 0.29) is 23.9 Å². The Morgan fingerprint density at radius 2 is 1.18 bits per heavy atom. The third-order valence-corrected chi connectivity index (χ3v) is 13.5. The van der Waals surface area contributed by atoms with Crippen molar-refractivity contribution in [3.05, 3.63) is 72.6 Å². The fourth-order valence-corrected chi connectivity index (χ4v) is 10.8. The van der Waals surface area contributed by atoms with Crippen LogP contribution in [0, 0.1) is 0 Å². The lowest BCUT2D eigenvalue weighted by Gasteiger charge is -2.28. The van der Waals surface area contributed by atoms with Gasteiger partial charge in [0.25, 0.3) is 0 Å². The van der Waals surface area contributed by atoms with Crippen LogP contribution in [-0.4, -0.2) is 101 Å². The number of carbonyl (C=O) groups excluding carboxylic acids is 4. The van der Waals surface area contributed by atoms with Crippen molar-refractivity contribution in [3.8, 4) is 33.6 Å². The summed E-state index contributed by atoms with van der Waals surface area (Å²) < 4.78 is 9.55. The van der Waals surface area contributed by atoms with E-state index < -0.39 is 32.3 Å². The van der Waals surface area contributed by atoms with Gasteiger partial charge in [-0.25, -0.2) is 19.6 Å². The number of carbonyl (C=O) groups is 4. The first kappa shape index (κ1) is 40.2. The normalized spacial score (nSPS) is 18.7. The number of methoxy groups -OCH3 is 2. The van der Waals surface area contributed by atoms with Crippen LogP contribution < -0.4 is 10.6 Å². The summed E-state index contributed by atoms with van der Waals surface area (Å²) in [4.78, 5) is 71.3. The number of H-pyrrole nitrogens is 2. The van der Waals surface area contributed by atoms with Crippen molar-refractivity contribution in [2.24, 2.45) is 0 Å². The molecule has 14 nitrogen and oxygen atoms in total. The van der Waals surface area contributed by atoms with E-state index in [1.807, 2.05) is 36.0 Å². The highest BCUT2D eigenvalue weighted by Crippen LogP contribution is 2.38. The van der Waals surface area contributed by atoms with Crippen LogP contribution >= 0.6 is 0 Å². The fourth-order valence-electron chi connectivity index (χ4n) is 7.94. The maximum atomic E-state index is 13.8. The zero-order valence-corrected chi connectivity index (χ0v) is 34.2. The van der Waals surface area contributed by atoms with Crippen molar-refractivity contribution in [1.29, 1.82) is 0 Å². The number of aromatic nitrogens is 4. The minimum absolute atomic E-state index is 0.0964. The van der Waals surface area contributed by atoms with Crippen molar-refractivity contribution in [1.82, 2.24) is 40.4 Å². The van der Waals surface area contributed by atoms with E-state index in [0.29, 0.717) is 25.6 Å². The largest absolute Gasteiger partial charge is 0.453 e. The fraction of sp³-hybridized carbons (Fsp3) is 0.463. The Labute approximate surface area is 329 Å². The lowest BCUT2D eigenvalue weighted by Crippen LogP contribution is -2.49. The quantitative estimate of drug-likeness (QED) is 0.105. The number of benzene rings is 2. The molecule has 2 saturated heterocycles. The second-order valence-corrected chi connectivity index (χ2v) is 20.6. The third-order valence-electron chi connectivity index (χ3n) is 10.8. The number of hydrogen-bond donors (Lipinski definition) is 4. The van der Waals surface area contributed by atoms with Gasteiger partial charge in [0.15, 0.2) is 0 Å². The average Bonchev–Trinajstić information content (AvgIpc) is 4.03. The lowest BCUT2D eigenvalue weighted by atomic mass is 10.0. The van der Waals surface area contributed by atoms with Crippen LogP contribution in [0.1, 0.15) is 76.1 Å². The molecule has 2 aliphatic rings. The number of nitrogens with one attached hydrogen (secondary N) is 4. The molecule has 2 aromatic carbocycles. The van der Waals surface area contributed by atoms with Crippen molar-refractivity contribution < 1.29 is 28.7 Å². The molecule has 4 atom stereocenters. The Morgan fingerprint density at radius 1 is 0.732 bits per heavy atom. The number of nitrogens with zero attached hydrogens (tertiary/aromatic N) is 4. The molecule has 2 aliphatic heterocycles. The number of alkyl carbamates (subject to hydrolysis) is 2. The lowest BCUT2D eigenvalue weighted by molar-refractivity contribution is -0.135. The Hall–Kier alpha value is -5.44. The first-order valence-corrected chi connectivity index (χ1v) is 23.0. The molecule has 4 amide bonds. The molecule has 0 radical (unpaired) electrons. The van der Waals surface area contributed by atoms with Gasteiger partial charge in [0.1, 0.15) is 23.7 Å². The molecule has 56 heavy (non-hydrogen) atoms. The smallest absolute Gasteiger partial charge is 0.407 e. The molecule has 298 valence electrons. The maximum absolute atomic E-state index is 13.8. The first-order valence-electron chi connectivity index (χ1n) is 19.6. The summed E-state index contributed by atoms with van der Waals surface area (Å²) >= 11 is 0. The second-order valence-electron chi connectivity index (χ2n) is 15.5. The van der Waals surface area contributed by atoms with Crippen molar-refractivity contribution >= 4 is 32.1 Å². The molecule has 0 saturated carbocycles. The summed E-state index contributed by atoms with van der Waals surface area (Å²) in [7, 11) is 0.872. The first-order chi connectivity index (χ1) is 26.9. The minimum Gasteiger partial charge on any atom is -0.453 e. The van der Waals surface area contributed by atoms with Gasteiger partial charge in [0.05, 0.1) is 58.2 Å². The molecule has 6 rings (SSSR count). The van der Waals surface area contributed by atoms with Gasteiger partial charge in [-0.2, -0.15) is 0 Å². The number of aromatic amines is 2. The van der Waals surface area contributed by atoms with Crippen LogP contribution in [0.2, 0.25) is 19.1 Å². The van der Waals surface area contributed by atoms with E-state index in [1.165, 1.54) is 14.2 Å². The molecular weight excluding hydrogens is 729 g/mol. The maximum Gasteiger partial charge on any atom is 0.407 e. The monoisotopic (exact) mass is 782 g/mol. The summed E-state index contributed by atoms with van der Waals surface area (Å²) in [6, 6.07) is 15.8. The summed E-state index contributed by atoms with van der Waals surface area (Å²) in [5.41, 5.74) is 5.83. The predicted octanol–water partition coefficient (Wildman–Crippen LogP) is 6.98. The number of amides is 4. The van der Waals surface area contributed by atoms with Crippen LogP contribution in [0.3, 0.4) is 0 Å². The van der Waals surface area contributed by atoms with Crippen molar-refractivity contribution in [2.45, 2.75) is 95.7 Å². The molecule has 0 unspecified atom stereocenters. The highest BCUT2D eigenvalue weighted by atomic mass is 28.3. The zero-order chi connectivity index (χ0) is 40.0. The van der Waals surface area contributed by atoms with E-state index in [2.05, 4.69) is 87.2 Å². The van der Waals surface area contributed by atoms with E-state index in [1.54, 1.807) is 0 Å². The Balaban J connectivity index is 1.12. The number of imidazole rings is 2. The van der Waals surface area contributed by atoms with E-state index >= 15 is 0 Å². The number of likely N-dealkylation sites (tertiary alicyclic amines) is 1. The summed E-state index contributed by atoms with van der Waals surface area (Å²) in [6.45, 7) is 9.14. The minimum atomic E-state index is -1.73. The van der Waals surface area contributed by atoms with Crippen LogP contribution in [-0.2, 0) is 19.1 Å². The van der Waals surface area contributed by atoms with Crippen LogP contribution in [0.5, 0.6) is 0 Å². The third kappa shape index (κ3) is 8.98. The topological polar surface area (TPSA) is 175 Å². The van der Waals surface area contributed by atoms with Crippen molar-refractivity contribution in [3.63, 3.8) is 0 Å². The van der Waals surface area contributed by atoms with E-state index in [4.69, 9.17) is 14.5 Å². The van der Waals surface area contributed by atoms with Crippen LogP contribution in [0.15, 0.2) is 60.9 Å². The van der Waals surface area contributed by atoms with E-state index in [0.717, 1.165) is 77.0 Å². The van der Waals surface area contributed by atoms with Gasteiger partial charge >= 0.3 is 12.2 Å². The van der Waals surface area contributed by atoms with Gasteiger partial charge in [0.2, 0.25) is 11.8 Å². The molecule has 15 heteroatoms. The van der Waals surface area contributed by atoms with Crippen LogP contribution in [0.25, 0.3) is 33.6 Å². The molecule has 0 bridgehead atoms. The Kier molecular flexibility index (Phi) is 12.6. The molecule has 4 N–H and O–H groups in total. The average molecular weight is 783 g/mol. The summed E-state index contributed by atoms with van der Waals surface area (Å²) in [5.74, 6) is 1.27. The molecule has 0 spiro atoms. The van der Waals surface area contributed by atoms with Gasteiger partial charge in [-0.15, -0.1) is 0 Å². The Bertz CT molecular complexity index is 1990. The molecule has 4 aromatic rings. The van der Waals surface area contributed by atoms with Gasteiger partial charge in [-0.05, 0) is 54.0 Å². The molecule has 2 aromatic heterocycles. The molecular formula is C41H54N8O6Si. The summed E-state index contributed by atoms with van der Waals surface area (Å²) in [6.07, 6.45) is 7.32. The standard InChI is InChI=1S/C41H54N8O6Si/c1-7-10-30(46-40(52)54-3)38(50)48-21-9-12-34(48)36-42-22-32(44-36)28-17-13-26(14-18-28)27-15-19-29(20-16-27)33-23-43-37(45-33)35-24-56(5,6)25-49(35)39(51)31(11-8-2)47-41(53)55-4/h13-20,22-23,30-31,34-35H,7-12,21,24-25H2,1-6H3,(H,42,44)(H,43,45)(H,46,52)(H,47,53)/t30-,31-,34-,35-/m0/s1. The molecule has 0 aliphatic carbocycles. The predicted molar refractivity (Wildman–Crippen MR) is 216 cm³/mol. The Morgan fingerprint density at radius 3 is 1.64 bits per heavy atom. The molecule has 2 fully saturated rings. The number of rotatable bonds is 13. The van der Waals surface area contributed by atoms with Crippen molar-refractivity contribution in [2.75, 3.05) is 26.9 Å². The highest BCUT2D eigenvalue weighted by molar-refractivity contribution is 6.78. The summed E-state index contributed by atoms with van der Waals surface area (Å²) in [5, 5.41) is 5.43. The van der Waals surface area contributed by atoms with Gasteiger partial charge in [0, 0.05) is 12.7 Å².